The van der Waals surface area contributed by atoms with Crippen molar-refractivity contribution in [1.82, 2.24) is 9.62 Å². The first-order valence-electron chi connectivity index (χ1n) is 8.31. The lowest BCUT2D eigenvalue weighted by Gasteiger charge is -2.39. The summed E-state index contributed by atoms with van der Waals surface area (Å²) >= 11 is 0. The molecule has 2 aliphatic rings. The van der Waals surface area contributed by atoms with E-state index in [9.17, 15) is 8.42 Å². The second-order valence-electron chi connectivity index (χ2n) is 6.37. The molecule has 0 bridgehead atoms. The highest BCUT2D eigenvalue weighted by molar-refractivity contribution is 7.89. The first-order chi connectivity index (χ1) is 9.57. The predicted octanol–water partition coefficient (Wildman–Crippen LogP) is 2.50. The maximum atomic E-state index is 12.9. The summed E-state index contributed by atoms with van der Waals surface area (Å²) in [6, 6.07) is 0.410. The van der Waals surface area contributed by atoms with Crippen molar-refractivity contribution in [2.45, 2.75) is 82.5 Å². The molecule has 0 aromatic carbocycles. The van der Waals surface area contributed by atoms with Crippen LogP contribution in [-0.4, -0.2) is 43.1 Å². The number of hydrogen-bond donors (Lipinski definition) is 1. The normalized spacial score (nSPS) is 27.8. The third-order valence-corrected chi connectivity index (χ3v) is 7.26. The number of piperidine rings is 1. The highest BCUT2D eigenvalue weighted by atomic mass is 32.2. The van der Waals surface area contributed by atoms with Crippen LogP contribution in [0.15, 0.2) is 0 Å². The number of hydrogen-bond acceptors (Lipinski definition) is 3. The molecule has 0 radical (unpaired) electrons. The maximum Gasteiger partial charge on any atom is 0.217 e. The van der Waals surface area contributed by atoms with Gasteiger partial charge in [-0.25, -0.2) is 8.42 Å². The van der Waals surface area contributed by atoms with Crippen LogP contribution in [0.5, 0.6) is 0 Å². The van der Waals surface area contributed by atoms with E-state index in [1.807, 2.05) is 4.31 Å². The van der Waals surface area contributed by atoms with Crippen LogP contribution >= 0.6 is 0 Å². The molecule has 2 rings (SSSR count). The average Bonchev–Trinajstić information content (AvgIpc) is 2.99. The van der Waals surface area contributed by atoms with Gasteiger partial charge in [-0.05, 0) is 45.6 Å². The predicted molar refractivity (Wildman–Crippen MR) is 83.3 cm³/mol. The van der Waals surface area contributed by atoms with Crippen LogP contribution in [0.4, 0.5) is 0 Å². The molecule has 1 saturated carbocycles. The second-order valence-corrected chi connectivity index (χ2v) is 8.53. The van der Waals surface area contributed by atoms with Gasteiger partial charge in [0.05, 0.1) is 5.25 Å². The first-order valence-corrected chi connectivity index (χ1v) is 9.81. The second kappa shape index (κ2) is 7.23. The molecule has 0 amide bonds. The fourth-order valence-corrected chi connectivity index (χ4v) is 5.99. The van der Waals surface area contributed by atoms with E-state index in [1.165, 1.54) is 0 Å². The Morgan fingerprint density at radius 1 is 1.15 bits per heavy atom. The molecule has 4 nitrogen and oxygen atoms in total. The minimum Gasteiger partial charge on any atom is -0.313 e. The van der Waals surface area contributed by atoms with Gasteiger partial charge in [-0.1, -0.05) is 26.2 Å². The number of sulfonamides is 1. The molecule has 20 heavy (non-hydrogen) atoms. The number of rotatable bonds is 6. The highest BCUT2D eigenvalue weighted by Gasteiger charge is 2.40. The van der Waals surface area contributed by atoms with Gasteiger partial charge < -0.3 is 5.32 Å². The van der Waals surface area contributed by atoms with Crippen LogP contribution < -0.4 is 5.32 Å². The minimum absolute atomic E-state index is 0.110. The first kappa shape index (κ1) is 16.2. The zero-order valence-corrected chi connectivity index (χ0v) is 13.8. The minimum atomic E-state index is -3.09. The summed E-state index contributed by atoms with van der Waals surface area (Å²) in [6.07, 6.45) is 8.14. The van der Waals surface area contributed by atoms with Crippen molar-refractivity contribution in [3.05, 3.63) is 0 Å². The monoisotopic (exact) mass is 302 g/mol. The van der Waals surface area contributed by atoms with Crippen molar-refractivity contribution in [3.8, 4) is 0 Å². The van der Waals surface area contributed by atoms with Gasteiger partial charge in [-0.2, -0.15) is 4.31 Å². The van der Waals surface area contributed by atoms with Crippen molar-refractivity contribution in [3.63, 3.8) is 0 Å². The van der Waals surface area contributed by atoms with Gasteiger partial charge in [-0.15, -0.1) is 0 Å². The molecule has 2 unspecified atom stereocenters. The van der Waals surface area contributed by atoms with Gasteiger partial charge in [-0.3, -0.25) is 0 Å². The summed E-state index contributed by atoms with van der Waals surface area (Å²) in [5.41, 5.74) is 0. The number of nitrogens with one attached hydrogen (secondary N) is 1. The Bertz CT molecular complexity index is 391. The molecule has 1 aliphatic carbocycles. The van der Waals surface area contributed by atoms with Crippen molar-refractivity contribution >= 4 is 10.0 Å². The van der Waals surface area contributed by atoms with Gasteiger partial charge in [0.15, 0.2) is 0 Å². The van der Waals surface area contributed by atoms with Gasteiger partial charge in [0.25, 0.3) is 0 Å². The third kappa shape index (κ3) is 3.55. The molecular weight excluding hydrogens is 272 g/mol. The van der Waals surface area contributed by atoms with Crippen molar-refractivity contribution in [2.24, 2.45) is 0 Å². The molecule has 1 aliphatic heterocycles. The Morgan fingerprint density at radius 2 is 1.80 bits per heavy atom. The molecule has 5 heteroatoms. The van der Waals surface area contributed by atoms with E-state index in [0.717, 1.165) is 64.5 Å². The van der Waals surface area contributed by atoms with Gasteiger partial charge in [0.1, 0.15) is 0 Å². The topological polar surface area (TPSA) is 49.4 Å². The zero-order chi connectivity index (χ0) is 14.6. The lowest BCUT2D eigenvalue weighted by atomic mass is 9.99. The summed E-state index contributed by atoms with van der Waals surface area (Å²) in [5, 5.41) is 3.38. The van der Waals surface area contributed by atoms with E-state index in [4.69, 9.17) is 0 Å². The summed E-state index contributed by atoms with van der Waals surface area (Å²) in [7, 11) is -3.09. The summed E-state index contributed by atoms with van der Waals surface area (Å²) in [4.78, 5) is 0. The fraction of sp³-hybridized carbons (Fsp3) is 1.00. The van der Waals surface area contributed by atoms with Gasteiger partial charge in [0.2, 0.25) is 10.0 Å². The summed E-state index contributed by atoms with van der Waals surface area (Å²) in [6.45, 7) is 5.98. The smallest absolute Gasteiger partial charge is 0.217 e. The van der Waals surface area contributed by atoms with Crippen LogP contribution in [0.1, 0.15) is 65.2 Å². The Hall–Kier alpha value is -0.130. The van der Waals surface area contributed by atoms with E-state index in [0.29, 0.717) is 0 Å². The summed E-state index contributed by atoms with van der Waals surface area (Å²) in [5.74, 6) is 0. The molecule has 2 atom stereocenters. The highest BCUT2D eigenvalue weighted by Crippen LogP contribution is 2.31. The van der Waals surface area contributed by atoms with Gasteiger partial charge in [0, 0.05) is 18.6 Å². The van der Waals surface area contributed by atoms with Crippen molar-refractivity contribution in [2.75, 3.05) is 13.1 Å². The molecule has 0 aromatic rings. The molecule has 118 valence electrons. The fourth-order valence-electron chi connectivity index (χ4n) is 3.63. The van der Waals surface area contributed by atoms with E-state index in [-0.39, 0.29) is 17.3 Å². The quantitative estimate of drug-likeness (QED) is 0.820. The Morgan fingerprint density at radius 3 is 2.45 bits per heavy atom. The van der Waals surface area contributed by atoms with E-state index < -0.39 is 10.0 Å². The lowest BCUT2D eigenvalue weighted by Crippen LogP contribution is -2.55. The van der Waals surface area contributed by atoms with Crippen LogP contribution in [-0.2, 0) is 10.0 Å². The SMILES string of the molecule is CCCNC(C)C1CCCCN1S(=O)(=O)C1CCCC1. The van der Waals surface area contributed by atoms with E-state index in [2.05, 4.69) is 19.2 Å². The van der Waals surface area contributed by atoms with Crippen molar-refractivity contribution < 1.29 is 8.42 Å². The average molecular weight is 302 g/mol. The summed E-state index contributed by atoms with van der Waals surface area (Å²) < 4.78 is 27.6. The van der Waals surface area contributed by atoms with E-state index >= 15 is 0 Å². The maximum absolute atomic E-state index is 12.9. The van der Waals surface area contributed by atoms with Crippen molar-refractivity contribution in [1.29, 1.82) is 0 Å². The molecule has 0 spiro atoms. The van der Waals surface area contributed by atoms with Crippen LogP contribution in [0.25, 0.3) is 0 Å². The zero-order valence-electron chi connectivity index (χ0n) is 13.0. The third-order valence-electron chi connectivity index (χ3n) is 4.84. The molecule has 0 aromatic heterocycles. The molecular formula is C15H30N2O2S. The standard InChI is InChI=1S/C15H30N2O2S/c1-3-11-16-13(2)15-10-6-7-12-17(15)20(18,19)14-8-4-5-9-14/h13-16H,3-12H2,1-2H3. The largest absolute Gasteiger partial charge is 0.313 e. The molecule has 1 heterocycles. The molecule has 1 N–H and O–H groups in total. The molecule has 2 fully saturated rings. The molecule has 1 saturated heterocycles. The van der Waals surface area contributed by atoms with Crippen LogP contribution in [0.2, 0.25) is 0 Å². The van der Waals surface area contributed by atoms with Crippen LogP contribution in [0, 0.1) is 0 Å². The lowest BCUT2D eigenvalue weighted by molar-refractivity contribution is 0.207. The Balaban J connectivity index is 2.09. The van der Waals surface area contributed by atoms with Crippen LogP contribution in [0.3, 0.4) is 0 Å². The Labute approximate surface area is 124 Å². The van der Waals surface area contributed by atoms with E-state index in [1.54, 1.807) is 0 Å². The van der Waals surface area contributed by atoms with Gasteiger partial charge >= 0.3 is 0 Å². The Kier molecular flexibility index (Phi) is 5.87. The number of nitrogens with zero attached hydrogens (tertiary/aromatic N) is 1.